The summed E-state index contributed by atoms with van der Waals surface area (Å²) in [5.41, 5.74) is 4.41. The van der Waals surface area contributed by atoms with Crippen molar-refractivity contribution >= 4 is 5.97 Å². The van der Waals surface area contributed by atoms with E-state index in [4.69, 9.17) is 9.26 Å². The molecule has 1 heterocycles. The number of nitrogens with zero attached hydrogens (tertiary/aromatic N) is 1. The zero-order chi connectivity index (χ0) is 18.0. The molecule has 3 rings (SSSR count). The number of hydrogen-bond acceptors (Lipinski definition) is 4. The van der Waals surface area contributed by atoms with Crippen LogP contribution in [0.1, 0.15) is 53.8 Å². The zero-order valence-corrected chi connectivity index (χ0v) is 15.0. The molecular formula is C20H25NO4. The Morgan fingerprint density at radius 3 is 2.88 bits per heavy atom. The van der Waals surface area contributed by atoms with Gasteiger partial charge < -0.3 is 14.4 Å². The number of benzene rings is 1. The summed E-state index contributed by atoms with van der Waals surface area (Å²) in [5, 5.41) is 13.4. The summed E-state index contributed by atoms with van der Waals surface area (Å²) in [7, 11) is 0. The molecule has 1 N–H and O–H groups in total. The van der Waals surface area contributed by atoms with Gasteiger partial charge in [-0.25, -0.2) is 0 Å². The lowest BCUT2D eigenvalue weighted by molar-refractivity contribution is -0.142. The minimum absolute atomic E-state index is 0.119. The molecule has 1 aromatic carbocycles. The first kappa shape index (κ1) is 17.5. The number of aromatic nitrogens is 1. The number of aliphatic carboxylic acids is 1. The van der Waals surface area contributed by atoms with E-state index in [-0.39, 0.29) is 11.8 Å². The fraction of sp³-hybridized carbons (Fsp3) is 0.500. The maximum absolute atomic E-state index is 11.5. The third kappa shape index (κ3) is 3.55. The number of carboxylic acid groups (broad SMARTS) is 1. The van der Waals surface area contributed by atoms with Gasteiger partial charge in [0.15, 0.2) is 0 Å². The first-order valence-corrected chi connectivity index (χ1v) is 8.91. The maximum atomic E-state index is 11.5. The van der Waals surface area contributed by atoms with Crippen LogP contribution in [0.3, 0.4) is 0 Å². The number of carboxylic acids is 1. The monoisotopic (exact) mass is 343 g/mol. The van der Waals surface area contributed by atoms with E-state index in [1.807, 2.05) is 32.9 Å². The SMILES string of the molecule is CCC(C(=O)O)C1CCc2cc(OCCc3c(C)noc3C)ccc21. The van der Waals surface area contributed by atoms with Gasteiger partial charge in [0.1, 0.15) is 11.5 Å². The van der Waals surface area contributed by atoms with Crippen LogP contribution < -0.4 is 4.74 Å². The third-order valence-corrected chi connectivity index (χ3v) is 5.28. The highest BCUT2D eigenvalue weighted by Crippen LogP contribution is 2.41. The number of aryl methyl sites for hydroxylation is 3. The first-order valence-electron chi connectivity index (χ1n) is 8.91. The second-order valence-corrected chi connectivity index (χ2v) is 6.76. The van der Waals surface area contributed by atoms with Gasteiger partial charge in [-0.1, -0.05) is 18.1 Å². The van der Waals surface area contributed by atoms with E-state index in [1.54, 1.807) is 0 Å². The molecule has 0 aliphatic heterocycles. The molecular weight excluding hydrogens is 318 g/mol. The minimum atomic E-state index is -0.694. The van der Waals surface area contributed by atoms with Gasteiger partial charge in [-0.05, 0) is 62.3 Å². The van der Waals surface area contributed by atoms with E-state index in [9.17, 15) is 9.90 Å². The molecule has 134 valence electrons. The summed E-state index contributed by atoms with van der Waals surface area (Å²) in [6.07, 6.45) is 3.25. The van der Waals surface area contributed by atoms with Gasteiger partial charge in [0.2, 0.25) is 0 Å². The van der Waals surface area contributed by atoms with Crippen LogP contribution >= 0.6 is 0 Å². The molecule has 0 amide bonds. The van der Waals surface area contributed by atoms with Crippen LogP contribution in [0.15, 0.2) is 22.7 Å². The lowest BCUT2D eigenvalue weighted by atomic mass is 9.85. The summed E-state index contributed by atoms with van der Waals surface area (Å²) < 4.78 is 11.1. The first-order chi connectivity index (χ1) is 12.0. The van der Waals surface area contributed by atoms with Crippen LogP contribution in [0.25, 0.3) is 0 Å². The number of carbonyl (C=O) groups is 1. The Balaban J connectivity index is 1.65. The van der Waals surface area contributed by atoms with Crippen LogP contribution in [0.5, 0.6) is 5.75 Å². The van der Waals surface area contributed by atoms with Crippen LogP contribution in [0.2, 0.25) is 0 Å². The third-order valence-electron chi connectivity index (χ3n) is 5.28. The Hall–Kier alpha value is -2.30. The Morgan fingerprint density at radius 1 is 1.44 bits per heavy atom. The molecule has 5 nitrogen and oxygen atoms in total. The molecule has 2 unspecified atom stereocenters. The van der Waals surface area contributed by atoms with Crippen molar-refractivity contribution in [2.24, 2.45) is 5.92 Å². The lowest BCUT2D eigenvalue weighted by Crippen LogP contribution is -2.19. The van der Waals surface area contributed by atoms with Gasteiger partial charge in [-0.3, -0.25) is 4.79 Å². The molecule has 0 radical (unpaired) electrons. The largest absolute Gasteiger partial charge is 0.493 e. The lowest BCUT2D eigenvalue weighted by Gasteiger charge is -2.19. The van der Waals surface area contributed by atoms with Crippen molar-refractivity contribution in [1.29, 1.82) is 0 Å². The molecule has 1 aliphatic carbocycles. The van der Waals surface area contributed by atoms with Crippen molar-refractivity contribution in [2.45, 2.75) is 52.4 Å². The van der Waals surface area contributed by atoms with Crippen molar-refractivity contribution in [2.75, 3.05) is 6.61 Å². The van der Waals surface area contributed by atoms with Crippen molar-refractivity contribution in [1.82, 2.24) is 5.16 Å². The molecule has 2 atom stereocenters. The Kier molecular flexibility index (Phi) is 5.11. The minimum Gasteiger partial charge on any atom is -0.493 e. The Labute approximate surface area is 148 Å². The fourth-order valence-electron chi connectivity index (χ4n) is 3.90. The van der Waals surface area contributed by atoms with Gasteiger partial charge in [0, 0.05) is 12.0 Å². The Morgan fingerprint density at radius 2 is 2.24 bits per heavy atom. The normalized spacial score (nSPS) is 17.3. The maximum Gasteiger partial charge on any atom is 0.307 e. The average Bonchev–Trinajstić information content (AvgIpc) is 3.13. The highest BCUT2D eigenvalue weighted by atomic mass is 16.5. The zero-order valence-electron chi connectivity index (χ0n) is 15.0. The van der Waals surface area contributed by atoms with Crippen LogP contribution in [-0.4, -0.2) is 22.8 Å². The fourth-order valence-corrected chi connectivity index (χ4v) is 3.90. The number of hydrogen-bond donors (Lipinski definition) is 1. The molecule has 0 bridgehead atoms. The van der Waals surface area contributed by atoms with Gasteiger partial charge in [-0.2, -0.15) is 0 Å². The van der Waals surface area contributed by atoms with Gasteiger partial charge in [0.05, 0.1) is 18.2 Å². The predicted octanol–water partition coefficient (Wildman–Crippen LogP) is 4.05. The Bertz CT molecular complexity index is 746. The quantitative estimate of drug-likeness (QED) is 0.821. The number of ether oxygens (including phenoxy) is 1. The second-order valence-electron chi connectivity index (χ2n) is 6.76. The molecule has 1 aliphatic rings. The molecule has 1 aromatic heterocycles. The highest BCUT2D eigenvalue weighted by Gasteiger charge is 2.33. The molecule has 0 fully saturated rings. The molecule has 0 spiro atoms. The van der Waals surface area contributed by atoms with Crippen LogP contribution in [0.4, 0.5) is 0 Å². The number of fused-ring (bicyclic) bond motifs is 1. The van der Waals surface area contributed by atoms with Crippen LogP contribution in [-0.2, 0) is 17.6 Å². The van der Waals surface area contributed by atoms with E-state index < -0.39 is 5.97 Å². The van der Waals surface area contributed by atoms with Crippen molar-refractivity contribution < 1.29 is 19.2 Å². The average molecular weight is 343 g/mol. The highest BCUT2D eigenvalue weighted by molar-refractivity contribution is 5.71. The summed E-state index contributed by atoms with van der Waals surface area (Å²) >= 11 is 0. The summed E-state index contributed by atoms with van der Waals surface area (Å²) in [6, 6.07) is 6.07. The van der Waals surface area contributed by atoms with Gasteiger partial charge in [0.25, 0.3) is 0 Å². The van der Waals surface area contributed by atoms with Gasteiger partial charge >= 0.3 is 5.97 Å². The van der Waals surface area contributed by atoms with Crippen molar-refractivity contribution in [3.05, 3.63) is 46.3 Å². The molecule has 2 aromatic rings. The van der Waals surface area contributed by atoms with Crippen LogP contribution in [0, 0.1) is 19.8 Å². The predicted molar refractivity (Wildman–Crippen MR) is 94.1 cm³/mol. The molecule has 5 heteroatoms. The summed E-state index contributed by atoms with van der Waals surface area (Å²) in [5.74, 6) is 0.813. The van der Waals surface area contributed by atoms with E-state index in [0.717, 1.165) is 42.0 Å². The van der Waals surface area contributed by atoms with E-state index >= 15 is 0 Å². The second kappa shape index (κ2) is 7.30. The van der Waals surface area contributed by atoms with E-state index in [2.05, 4.69) is 11.2 Å². The topological polar surface area (TPSA) is 72.6 Å². The number of rotatable bonds is 7. The van der Waals surface area contributed by atoms with Crippen molar-refractivity contribution in [3.63, 3.8) is 0 Å². The summed E-state index contributed by atoms with van der Waals surface area (Å²) in [4.78, 5) is 11.5. The molecule has 0 saturated carbocycles. The molecule has 0 saturated heterocycles. The smallest absolute Gasteiger partial charge is 0.307 e. The standard InChI is InChI=1S/C20H25NO4/c1-4-16(20(22)23)19-7-5-14-11-15(6-8-18(14)19)24-10-9-17-12(2)21-25-13(17)3/h6,8,11,16,19H,4-5,7,9-10H2,1-3H3,(H,22,23). The van der Waals surface area contributed by atoms with E-state index in [1.165, 1.54) is 11.1 Å². The van der Waals surface area contributed by atoms with E-state index in [0.29, 0.717) is 13.0 Å². The van der Waals surface area contributed by atoms with Gasteiger partial charge in [-0.15, -0.1) is 0 Å². The summed E-state index contributed by atoms with van der Waals surface area (Å²) in [6.45, 7) is 6.37. The van der Waals surface area contributed by atoms with Crippen molar-refractivity contribution in [3.8, 4) is 5.75 Å². The molecule has 25 heavy (non-hydrogen) atoms.